The fourth-order valence-electron chi connectivity index (χ4n) is 4.52. The van der Waals surface area contributed by atoms with E-state index in [0.29, 0.717) is 17.8 Å². The van der Waals surface area contributed by atoms with Crippen LogP contribution in [0.2, 0.25) is 0 Å². The van der Waals surface area contributed by atoms with Gasteiger partial charge < -0.3 is 10.1 Å². The number of hydrogen-bond donors (Lipinski definition) is 2. The van der Waals surface area contributed by atoms with Gasteiger partial charge in [-0.2, -0.15) is 5.10 Å². The van der Waals surface area contributed by atoms with E-state index in [1.54, 1.807) is 0 Å². The Labute approximate surface area is 147 Å². The highest BCUT2D eigenvalue weighted by molar-refractivity contribution is 6.04. The van der Waals surface area contributed by atoms with Gasteiger partial charge in [0, 0.05) is 29.1 Å². The first-order valence-electron chi connectivity index (χ1n) is 9.03. The highest BCUT2D eigenvalue weighted by atomic mass is 16.5. The van der Waals surface area contributed by atoms with Gasteiger partial charge >= 0.3 is 0 Å². The number of aromatic nitrogens is 2. The second-order valence-electron chi connectivity index (χ2n) is 8.18. The van der Waals surface area contributed by atoms with Crippen LogP contribution in [0, 0.1) is 0 Å². The lowest BCUT2D eigenvalue weighted by atomic mass is 9.85. The highest BCUT2D eigenvalue weighted by Crippen LogP contribution is 2.34. The van der Waals surface area contributed by atoms with Crippen LogP contribution in [0.15, 0.2) is 24.3 Å². The lowest BCUT2D eigenvalue weighted by Crippen LogP contribution is -2.65. The SMILES string of the molecule is CC(C)(C)N1[C@@H]2COC[C@H]1CC(NC(=O)c1n[nH]c3ccccc13)C2. The maximum absolute atomic E-state index is 12.7. The third-order valence-corrected chi connectivity index (χ3v) is 5.32. The second kappa shape index (κ2) is 6.11. The number of fused-ring (bicyclic) bond motifs is 3. The maximum Gasteiger partial charge on any atom is 0.272 e. The Kier molecular flexibility index (Phi) is 4.04. The van der Waals surface area contributed by atoms with Crippen molar-refractivity contribution < 1.29 is 9.53 Å². The van der Waals surface area contributed by atoms with Crippen LogP contribution in [-0.2, 0) is 4.74 Å². The van der Waals surface area contributed by atoms with E-state index < -0.39 is 0 Å². The van der Waals surface area contributed by atoms with E-state index in [2.05, 4.69) is 41.2 Å². The number of hydrogen-bond acceptors (Lipinski definition) is 4. The molecule has 0 aliphatic carbocycles. The van der Waals surface area contributed by atoms with E-state index in [0.717, 1.165) is 37.0 Å². The van der Waals surface area contributed by atoms with Crippen LogP contribution in [0.5, 0.6) is 0 Å². The lowest BCUT2D eigenvalue weighted by Gasteiger charge is -2.54. The zero-order valence-electron chi connectivity index (χ0n) is 15.1. The topological polar surface area (TPSA) is 70.2 Å². The molecular formula is C19H26N4O2. The number of para-hydroxylation sites is 1. The van der Waals surface area contributed by atoms with Crippen molar-refractivity contribution in [3.8, 4) is 0 Å². The number of piperidine rings is 1. The van der Waals surface area contributed by atoms with Crippen molar-refractivity contribution in [3.63, 3.8) is 0 Å². The normalized spacial score (nSPS) is 27.4. The number of ether oxygens (including phenoxy) is 1. The quantitative estimate of drug-likeness (QED) is 0.879. The zero-order chi connectivity index (χ0) is 17.6. The standard InChI is InChI=1S/C19H26N4O2/c1-19(2,3)23-13-8-12(9-14(23)11-25-10-13)20-18(24)17-15-6-4-5-7-16(15)21-22-17/h4-7,12-14H,8-11H2,1-3H3,(H,20,24)(H,21,22)/t12?,13-,14+. The fourth-order valence-corrected chi connectivity index (χ4v) is 4.52. The number of nitrogens with zero attached hydrogens (tertiary/aromatic N) is 2. The number of aromatic amines is 1. The lowest BCUT2D eigenvalue weighted by molar-refractivity contribution is -0.117. The summed E-state index contributed by atoms with van der Waals surface area (Å²) in [5.74, 6) is -0.0920. The molecule has 1 aromatic carbocycles. The van der Waals surface area contributed by atoms with Crippen molar-refractivity contribution in [2.45, 2.75) is 57.3 Å². The minimum atomic E-state index is -0.0920. The van der Waals surface area contributed by atoms with E-state index in [4.69, 9.17) is 4.74 Å². The van der Waals surface area contributed by atoms with E-state index in [1.165, 1.54) is 0 Å². The van der Waals surface area contributed by atoms with Crippen molar-refractivity contribution in [1.82, 2.24) is 20.4 Å². The molecular weight excluding hydrogens is 316 g/mol. The van der Waals surface area contributed by atoms with Gasteiger partial charge in [0.1, 0.15) is 0 Å². The molecule has 0 spiro atoms. The van der Waals surface area contributed by atoms with Gasteiger partial charge in [-0.05, 0) is 39.7 Å². The van der Waals surface area contributed by atoms with Gasteiger partial charge in [0.25, 0.3) is 5.91 Å². The summed E-state index contributed by atoms with van der Waals surface area (Å²) in [6.45, 7) is 8.25. The maximum atomic E-state index is 12.7. The van der Waals surface area contributed by atoms with Crippen LogP contribution in [0.4, 0.5) is 0 Å². The summed E-state index contributed by atoms with van der Waals surface area (Å²) >= 11 is 0. The van der Waals surface area contributed by atoms with Crippen molar-refractivity contribution in [2.75, 3.05) is 13.2 Å². The van der Waals surface area contributed by atoms with Gasteiger partial charge in [-0.25, -0.2) is 0 Å². The Morgan fingerprint density at radius 2 is 1.92 bits per heavy atom. The number of carbonyl (C=O) groups excluding carboxylic acids is 1. The molecule has 6 nitrogen and oxygen atoms in total. The van der Waals surface area contributed by atoms with Gasteiger partial charge in [-0.15, -0.1) is 0 Å². The third kappa shape index (κ3) is 3.04. The molecule has 1 amide bonds. The summed E-state index contributed by atoms with van der Waals surface area (Å²) in [6, 6.07) is 8.60. The number of carbonyl (C=O) groups is 1. The fraction of sp³-hybridized carbons (Fsp3) is 0.579. The molecule has 0 saturated carbocycles. The summed E-state index contributed by atoms with van der Waals surface area (Å²) < 4.78 is 5.77. The van der Waals surface area contributed by atoms with E-state index in [1.807, 2.05) is 24.3 Å². The summed E-state index contributed by atoms with van der Waals surface area (Å²) in [4.78, 5) is 15.3. The van der Waals surface area contributed by atoms with E-state index in [-0.39, 0.29) is 17.5 Å². The molecule has 1 aromatic heterocycles. The Morgan fingerprint density at radius 3 is 2.60 bits per heavy atom. The van der Waals surface area contributed by atoms with Crippen molar-refractivity contribution >= 4 is 16.8 Å². The first kappa shape index (κ1) is 16.5. The number of rotatable bonds is 2. The predicted octanol–water partition coefficient (Wildman–Crippen LogP) is 2.32. The highest BCUT2D eigenvalue weighted by Gasteiger charge is 2.44. The number of benzene rings is 1. The molecule has 0 radical (unpaired) electrons. The van der Waals surface area contributed by atoms with Crippen molar-refractivity contribution in [1.29, 1.82) is 0 Å². The summed E-state index contributed by atoms with van der Waals surface area (Å²) in [7, 11) is 0. The summed E-state index contributed by atoms with van der Waals surface area (Å²) in [6.07, 6.45) is 1.84. The zero-order valence-corrected chi connectivity index (χ0v) is 15.1. The Bertz CT molecular complexity index is 765. The molecule has 4 rings (SSSR count). The van der Waals surface area contributed by atoms with Gasteiger partial charge in [-0.1, -0.05) is 18.2 Å². The van der Waals surface area contributed by atoms with Gasteiger partial charge in [-0.3, -0.25) is 14.8 Å². The summed E-state index contributed by atoms with van der Waals surface area (Å²) in [5, 5.41) is 11.2. The first-order chi connectivity index (χ1) is 11.9. The molecule has 2 aliphatic rings. The van der Waals surface area contributed by atoms with Crippen LogP contribution in [0.3, 0.4) is 0 Å². The second-order valence-corrected chi connectivity index (χ2v) is 8.18. The molecule has 2 fully saturated rings. The monoisotopic (exact) mass is 342 g/mol. The van der Waals surface area contributed by atoms with Gasteiger partial charge in [0.05, 0.1) is 18.7 Å². The number of nitrogens with one attached hydrogen (secondary N) is 2. The number of morpholine rings is 1. The largest absolute Gasteiger partial charge is 0.378 e. The van der Waals surface area contributed by atoms with Crippen molar-refractivity contribution in [3.05, 3.63) is 30.0 Å². The third-order valence-electron chi connectivity index (χ3n) is 5.32. The first-order valence-corrected chi connectivity index (χ1v) is 9.03. The molecule has 3 atom stereocenters. The molecule has 2 N–H and O–H groups in total. The smallest absolute Gasteiger partial charge is 0.272 e. The van der Waals surface area contributed by atoms with Crippen LogP contribution in [-0.4, -0.2) is 57.9 Å². The average Bonchev–Trinajstić information content (AvgIpc) is 2.97. The summed E-state index contributed by atoms with van der Waals surface area (Å²) in [5.41, 5.74) is 1.49. The molecule has 2 aliphatic heterocycles. The number of amides is 1. The van der Waals surface area contributed by atoms with Crippen LogP contribution in [0.1, 0.15) is 44.1 Å². The van der Waals surface area contributed by atoms with Crippen LogP contribution < -0.4 is 5.32 Å². The van der Waals surface area contributed by atoms with Gasteiger partial charge in [0.15, 0.2) is 5.69 Å². The Balaban J connectivity index is 1.50. The minimum Gasteiger partial charge on any atom is -0.378 e. The predicted molar refractivity (Wildman–Crippen MR) is 96.6 cm³/mol. The van der Waals surface area contributed by atoms with E-state index in [9.17, 15) is 4.79 Å². The van der Waals surface area contributed by atoms with Crippen molar-refractivity contribution in [2.24, 2.45) is 0 Å². The molecule has 25 heavy (non-hydrogen) atoms. The molecule has 2 saturated heterocycles. The molecule has 2 bridgehead atoms. The minimum absolute atomic E-state index is 0.0920. The van der Waals surface area contributed by atoms with Gasteiger partial charge in [0.2, 0.25) is 0 Å². The van der Waals surface area contributed by atoms with Crippen LogP contribution >= 0.6 is 0 Å². The average molecular weight is 342 g/mol. The van der Waals surface area contributed by atoms with Crippen LogP contribution in [0.25, 0.3) is 10.9 Å². The molecule has 6 heteroatoms. The molecule has 134 valence electrons. The molecule has 3 heterocycles. The number of H-pyrrole nitrogens is 1. The molecule has 1 unspecified atom stereocenters. The van der Waals surface area contributed by atoms with E-state index >= 15 is 0 Å². The molecule has 2 aromatic rings. The Hall–Kier alpha value is -1.92. The Morgan fingerprint density at radius 1 is 1.24 bits per heavy atom.